The third kappa shape index (κ3) is 2.18. The largest absolute Gasteiger partial charge is 0.338 e. The summed E-state index contributed by atoms with van der Waals surface area (Å²) in [6.45, 7) is 4.46. The van der Waals surface area contributed by atoms with Gasteiger partial charge in [0.05, 0.1) is 22.6 Å². The minimum atomic E-state index is -0.231. The first kappa shape index (κ1) is 14.0. The van der Waals surface area contributed by atoms with E-state index in [-0.39, 0.29) is 11.7 Å². The highest BCUT2D eigenvalue weighted by Gasteiger charge is 2.38. The molecular weight excluding hydrogens is 280 g/mol. The molecular formula is C17H16N2OS. The van der Waals surface area contributed by atoms with Crippen LogP contribution in [0.25, 0.3) is 0 Å². The summed E-state index contributed by atoms with van der Waals surface area (Å²) >= 11 is 1.71. The first-order valence-electron chi connectivity index (χ1n) is 6.96. The van der Waals surface area contributed by atoms with E-state index >= 15 is 0 Å². The van der Waals surface area contributed by atoms with Crippen LogP contribution in [0.4, 0.5) is 0 Å². The van der Waals surface area contributed by atoms with Crippen LogP contribution in [-0.4, -0.2) is 23.0 Å². The van der Waals surface area contributed by atoms with E-state index in [1.165, 1.54) is 0 Å². The molecule has 0 unspecified atom stereocenters. The number of nitriles is 1. The van der Waals surface area contributed by atoms with E-state index in [1.807, 2.05) is 37.3 Å². The van der Waals surface area contributed by atoms with Gasteiger partial charge in [-0.25, -0.2) is 0 Å². The monoisotopic (exact) mass is 296 g/mol. The molecule has 0 aromatic heterocycles. The van der Waals surface area contributed by atoms with E-state index in [0.29, 0.717) is 5.57 Å². The van der Waals surface area contributed by atoms with Crippen LogP contribution in [0.5, 0.6) is 0 Å². The molecule has 106 valence electrons. The summed E-state index contributed by atoms with van der Waals surface area (Å²) < 4.78 is 0. The molecule has 4 heteroatoms. The van der Waals surface area contributed by atoms with Crippen LogP contribution in [0.15, 0.2) is 52.2 Å². The maximum atomic E-state index is 12.2. The fourth-order valence-electron chi connectivity index (χ4n) is 3.13. The van der Waals surface area contributed by atoms with Crippen molar-refractivity contribution in [3.63, 3.8) is 0 Å². The summed E-state index contributed by atoms with van der Waals surface area (Å²) in [5.74, 6) is 0.778. The average molecular weight is 296 g/mol. The maximum Gasteiger partial charge on any atom is 0.158 e. The molecule has 3 rings (SSSR count). The van der Waals surface area contributed by atoms with Gasteiger partial charge in [-0.3, -0.25) is 4.79 Å². The Morgan fingerprint density at radius 1 is 1.38 bits per heavy atom. The van der Waals surface area contributed by atoms with E-state index < -0.39 is 0 Å². The van der Waals surface area contributed by atoms with Crippen LogP contribution in [0, 0.1) is 11.3 Å². The minimum Gasteiger partial charge on any atom is -0.338 e. The number of nitrogens with zero attached hydrogens (tertiary/aromatic N) is 2. The fraction of sp³-hybridized carbons (Fsp3) is 0.294. The van der Waals surface area contributed by atoms with Crippen LogP contribution in [0.3, 0.4) is 0 Å². The van der Waals surface area contributed by atoms with E-state index in [0.717, 1.165) is 34.2 Å². The van der Waals surface area contributed by atoms with Crippen molar-refractivity contribution in [3.05, 3.63) is 57.8 Å². The third-order valence-corrected chi connectivity index (χ3v) is 5.13. The van der Waals surface area contributed by atoms with Gasteiger partial charge in [0, 0.05) is 23.6 Å². The summed E-state index contributed by atoms with van der Waals surface area (Å²) in [5.41, 5.74) is 3.47. The first-order chi connectivity index (χ1) is 10.1. The molecule has 1 fully saturated rings. The van der Waals surface area contributed by atoms with Crippen molar-refractivity contribution >= 4 is 17.5 Å². The molecule has 0 bridgehead atoms. The first-order valence-corrected chi connectivity index (χ1v) is 7.95. The molecule has 0 saturated carbocycles. The van der Waals surface area contributed by atoms with Gasteiger partial charge in [-0.15, -0.1) is 11.8 Å². The molecule has 1 atom stereocenters. The number of carbonyl (C=O) groups excluding carboxylic acids is 1. The highest BCUT2D eigenvalue weighted by molar-refractivity contribution is 8.03. The van der Waals surface area contributed by atoms with Crippen molar-refractivity contribution in [2.45, 2.75) is 19.8 Å². The van der Waals surface area contributed by atoms with Crippen molar-refractivity contribution in [2.24, 2.45) is 0 Å². The number of rotatable bonds is 2. The van der Waals surface area contributed by atoms with Crippen molar-refractivity contribution in [1.29, 1.82) is 5.26 Å². The van der Waals surface area contributed by atoms with Crippen LogP contribution < -0.4 is 0 Å². The van der Waals surface area contributed by atoms with E-state index in [2.05, 4.69) is 11.0 Å². The molecule has 2 heterocycles. The molecule has 1 aromatic carbocycles. The van der Waals surface area contributed by atoms with Gasteiger partial charge in [0.2, 0.25) is 0 Å². The molecule has 3 nitrogen and oxygen atoms in total. The zero-order valence-corrected chi connectivity index (χ0v) is 12.9. The molecule has 1 aromatic rings. The normalized spacial score (nSPS) is 21.4. The second-order valence-electron chi connectivity index (χ2n) is 5.23. The van der Waals surface area contributed by atoms with Crippen LogP contribution in [0.2, 0.25) is 0 Å². The number of Topliss-reactive ketones (excluding diaryl/α,β-unsaturated/α-hetero) is 1. The highest BCUT2D eigenvalue weighted by atomic mass is 32.2. The summed E-state index contributed by atoms with van der Waals surface area (Å²) in [5, 5.41) is 10.7. The van der Waals surface area contributed by atoms with E-state index in [1.54, 1.807) is 18.7 Å². The quantitative estimate of drug-likeness (QED) is 0.838. The van der Waals surface area contributed by atoms with Gasteiger partial charge < -0.3 is 4.90 Å². The predicted octanol–water partition coefficient (Wildman–Crippen LogP) is 3.43. The van der Waals surface area contributed by atoms with Crippen molar-refractivity contribution in [1.82, 2.24) is 4.90 Å². The lowest BCUT2D eigenvalue weighted by molar-refractivity contribution is -0.114. The molecule has 0 amide bonds. The Morgan fingerprint density at radius 3 is 2.71 bits per heavy atom. The molecule has 0 N–H and O–H groups in total. The lowest BCUT2D eigenvalue weighted by Gasteiger charge is -2.33. The second kappa shape index (κ2) is 5.42. The number of fused-ring (bicyclic) bond motifs is 1. The number of benzene rings is 1. The van der Waals surface area contributed by atoms with E-state index in [9.17, 15) is 10.1 Å². The zero-order chi connectivity index (χ0) is 15.0. The van der Waals surface area contributed by atoms with Crippen molar-refractivity contribution < 1.29 is 4.79 Å². The Bertz CT molecular complexity index is 697. The minimum absolute atomic E-state index is 0.0463. The Labute approximate surface area is 128 Å². The summed E-state index contributed by atoms with van der Waals surface area (Å²) in [7, 11) is 0. The standard InChI is InChI=1S/C17H16N2OS/c1-11-15(12(2)20)16(13-6-4-3-5-7-13)14(10-18)17-19(11)8-9-21-17/h3-7,16H,8-9H2,1-2H3/t16-/m0/s1. The number of ketones is 1. The number of carbonyl (C=O) groups is 1. The molecule has 0 radical (unpaired) electrons. The lowest BCUT2D eigenvalue weighted by Crippen LogP contribution is -2.28. The SMILES string of the molecule is CC(=O)C1=C(C)N2CCSC2=C(C#N)[C@@H]1c1ccccc1. The smallest absolute Gasteiger partial charge is 0.158 e. The van der Waals surface area contributed by atoms with Crippen LogP contribution in [-0.2, 0) is 4.79 Å². The Kier molecular flexibility index (Phi) is 3.60. The maximum absolute atomic E-state index is 12.2. The lowest BCUT2D eigenvalue weighted by atomic mass is 9.80. The summed E-state index contributed by atoms with van der Waals surface area (Å²) in [6, 6.07) is 12.2. The van der Waals surface area contributed by atoms with Gasteiger partial charge in [0.15, 0.2) is 5.78 Å². The summed E-state index contributed by atoms with van der Waals surface area (Å²) in [6.07, 6.45) is 0. The molecule has 21 heavy (non-hydrogen) atoms. The average Bonchev–Trinajstić information content (AvgIpc) is 2.97. The predicted molar refractivity (Wildman–Crippen MR) is 84.4 cm³/mol. The van der Waals surface area contributed by atoms with Crippen molar-refractivity contribution in [3.8, 4) is 6.07 Å². The topological polar surface area (TPSA) is 44.1 Å². The number of thioether (sulfide) groups is 1. The molecule has 1 saturated heterocycles. The molecule has 0 aliphatic carbocycles. The number of hydrogen-bond donors (Lipinski definition) is 0. The van der Waals surface area contributed by atoms with Crippen LogP contribution >= 0.6 is 11.8 Å². The molecule has 2 aliphatic rings. The van der Waals surface area contributed by atoms with Crippen molar-refractivity contribution in [2.75, 3.05) is 12.3 Å². The van der Waals surface area contributed by atoms with Gasteiger partial charge >= 0.3 is 0 Å². The fourth-order valence-corrected chi connectivity index (χ4v) is 4.30. The Hall–Kier alpha value is -1.99. The third-order valence-electron chi connectivity index (χ3n) is 4.03. The van der Waals surface area contributed by atoms with Gasteiger partial charge in [0.25, 0.3) is 0 Å². The van der Waals surface area contributed by atoms with Gasteiger partial charge in [-0.2, -0.15) is 5.26 Å². The highest BCUT2D eigenvalue weighted by Crippen LogP contribution is 2.47. The Balaban J connectivity index is 2.24. The number of allylic oxidation sites excluding steroid dienone is 3. The van der Waals surface area contributed by atoms with Gasteiger partial charge in [-0.1, -0.05) is 30.3 Å². The van der Waals surface area contributed by atoms with Gasteiger partial charge in [0.1, 0.15) is 0 Å². The summed E-state index contributed by atoms with van der Waals surface area (Å²) in [4.78, 5) is 14.3. The van der Waals surface area contributed by atoms with E-state index in [4.69, 9.17) is 0 Å². The zero-order valence-electron chi connectivity index (χ0n) is 12.1. The second-order valence-corrected chi connectivity index (χ2v) is 6.31. The van der Waals surface area contributed by atoms with Crippen LogP contribution in [0.1, 0.15) is 25.3 Å². The number of hydrogen-bond acceptors (Lipinski definition) is 4. The van der Waals surface area contributed by atoms with Gasteiger partial charge in [-0.05, 0) is 19.4 Å². The molecule has 0 spiro atoms. The molecule has 2 aliphatic heterocycles. The Morgan fingerprint density at radius 2 is 2.10 bits per heavy atom.